The molecule has 1 aliphatic rings. The highest BCUT2D eigenvalue weighted by Gasteiger charge is 2.21. The van der Waals surface area contributed by atoms with Crippen molar-refractivity contribution < 1.29 is 0 Å². The standard InChI is InChI=1S/C13H17BrN2S/c1-9-4-2-3-7-16(9)12-6-5-10(14)8-11(12)13(15)17/h5-6,8-9H,2-4,7H2,1H3,(H2,15,17). The van der Waals surface area contributed by atoms with Crippen molar-refractivity contribution in [3.63, 3.8) is 0 Å². The first-order valence-corrected chi connectivity index (χ1v) is 7.15. The van der Waals surface area contributed by atoms with Crippen molar-refractivity contribution in [2.75, 3.05) is 11.4 Å². The number of nitrogens with two attached hydrogens (primary N) is 1. The van der Waals surface area contributed by atoms with Gasteiger partial charge in [0.1, 0.15) is 4.99 Å². The Morgan fingerprint density at radius 3 is 2.88 bits per heavy atom. The number of thiocarbonyl (C=S) groups is 1. The largest absolute Gasteiger partial charge is 0.389 e. The number of benzene rings is 1. The van der Waals surface area contributed by atoms with Crippen molar-refractivity contribution in [2.45, 2.75) is 32.2 Å². The van der Waals surface area contributed by atoms with Crippen molar-refractivity contribution in [1.29, 1.82) is 0 Å². The van der Waals surface area contributed by atoms with Crippen LogP contribution in [0.15, 0.2) is 22.7 Å². The third-order valence-electron chi connectivity index (χ3n) is 3.34. The molecule has 4 heteroatoms. The summed E-state index contributed by atoms with van der Waals surface area (Å²) in [5.41, 5.74) is 7.97. The first kappa shape index (κ1) is 12.8. The summed E-state index contributed by atoms with van der Waals surface area (Å²) in [6.07, 6.45) is 3.81. The van der Waals surface area contributed by atoms with E-state index in [4.69, 9.17) is 18.0 Å². The molecule has 0 aliphatic carbocycles. The van der Waals surface area contributed by atoms with Crippen molar-refractivity contribution in [3.05, 3.63) is 28.2 Å². The number of hydrogen-bond acceptors (Lipinski definition) is 2. The van der Waals surface area contributed by atoms with Crippen molar-refractivity contribution in [2.24, 2.45) is 5.73 Å². The van der Waals surface area contributed by atoms with Crippen LogP contribution in [0, 0.1) is 0 Å². The van der Waals surface area contributed by atoms with Gasteiger partial charge in [0, 0.05) is 28.3 Å². The molecule has 0 radical (unpaired) electrons. The summed E-state index contributed by atoms with van der Waals surface area (Å²) in [5.74, 6) is 0. The Morgan fingerprint density at radius 2 is 2.24 bits per heavy atom. The van der Waals surface area contributed by atoms with Crippen LogP contribution in [0.4, 0.5) is 5.69 Å². The quantitative estimate of drug-likeness (QED) is 0.848. The van der Waals surface area contributed by atoms with Crippen LogP contribution >= 0.6 is 28.1 Å². The molecule has 1 unspecified atom stereocenters. The lowest BCUT2D eigenvalue weighted by molar-refractivity contribution is 0.484. The monoisotopic (exact) mass is 312 g/mol. The van der Waals surface area contributed by atoms with Gasteiger partial charge in [0.2, 0.25) is 0 Å². The molecule has 0 spiro atoms. The second-order valence-electron chi connectivity index (χ2n) is 4.56. The van der Waals surface area contributed by atoms with Crippen LogP contribution in [0.2, 0.25) is 0 Å². The normalized spacial score (nSPS) is 20.4. The maximum Gasteiger partial charge on any atom is 0.106 e. The van der Waals surface area contributed by atoms with Gasteiger partial charge >= 0.3 is 0 Å². The summed E-state index contributed by atoms with van der Waals surface area (Å²) in [6, 6.07) is 6.75. The van der Waals surface area contributed by atoms with E-state index in [2.05, 4.69) is 39.9 Å². The first-order chi connectivity index (χ1) is 8.09. The molecule has 2 nitrogen and oxygen atoms in total. The average molecular weight is 313 g/mol. The summed E-state index contributed by atoms with van der Waals surface area (Å²) in [5, 5.41) is 0. The second kappa shape index (κ2) is 5.36. The molecule has 1 aromatic carbocycles. The fourth-order valence-electron chi connectivity index (χ4n) is 2.41. The lowest BCUT2D eigenvalue weighted by Crippen LogP contribution is -2.38. The van der Waals surface area contributed by atoms with E-state index in [9.17, 15) is 0 Å². The predicted molar refractivity (Wildman–Crippen MR) is 80.7 cm³/mol. The molecule has 1 atom stereocenters. The minimum absolute atomic E-state index is 0.471. The molecular weight excluding hydrogens is 296 g/mol. The molecule has 2 N–H and O–H groups in total. The maximum atomic E-state index is 5.82. The van der Waals surface area contributed by atoms with Gasteiger partial charge in [0.25, 0.3) is 0 Å². The van der Waals surface area contributed by atoms with Crippen molar-refractivity contribution >= 4 is 38.8 Å². The Labute approximate surface area is 116 Å². The van der Waals surface area contributed by atoms with Crippen LogP contribution < -0.4 is 10.6 Å². The van der Waals surface area contributed by atoms with E-state index < -0.39 is 0 Å². The zero-order valence-corrected chi connectivity index (χ0v) is 12.4. The topological polar surface area (TPSA) is 29.3 Å². The van der Waals surface area contributed by atoms with E-state index in [0.29, 0.717) is 11.0 Å². The molecule has 1 heterocycles. The number of anilines is 1. The summed E-state index contributed by atoms with van der Waals surface area (Å²) in [6.45, 7) is 3.36. The van der Waals surface area contributed by atoms with Crippen LogP contribution in [0.25, 0.3) is 0 Å². The maximum absolute atomic E-state index is 5.82. The van der Waals surface area contributed by atoms with Gasteiger partial charge in [-0.3, -0.25) is 0 Å². The van der Waals surface area contributed by atoms with Gasteiger partial charge in [-0.05, 0) is 44.4 Å². The number of piperidine rings is 1. The molecule has 0 bridgehead atoms. The fourth-order valence-corrected chi connectivity index (χ4v) is 2.94. The van der Waals surface area contributed by atoms with E-state index in [1.165, 1.54) is 24.9 Å². The third-order valence-corrected chi connectivity index (χ3v) is 4.05. The molecule has 17 heavy (non-hydrogen) atoms. The number of nitrogens with zero attached hydrogens (tertiary/aromatic N) is 1. The van der Waals surface area contributed by atoms with Gasteiger partial charge in [-0.2, -0.15) is 0 Å². The van der Waals surface area contributed by atoms with Gasteiger partial charge in [-0.25, -0.2) is 0 Å². The summed E-state index contributed by atoms with van der Waals surface area (Å²) >= 11 is 8.62. The molecule has 1 aliphatic heterocycles. The molecule has 2 rings (SSSR count). The van der Waals surface area contributed by atoms with Crippen molar-refractivity contribution in [3.8, 4) is 0 Å². The molecule has 92 valence electrons. The zero-order chi connectivity index (χ0) is 12.4. The Morgan fingerprint density at radius 1 is 1.47 bits per heavy atom. The van der Waals surface area contributed by atoms with Crippen molar-refractivity contribution in [1.82, 2.24) is 0 Å². The minimum atomic E-state index is 0.471. The smallest absolute Gasteiger partial charge is 0.106 e. The molecular formula is C13H17BrN2S. The highest BCUT2D eigenvalue weighted by atomic mass is 79.9. The third kappa shape index (κ3) is 2.80. The van der Waals surface area contributed by atoms with Gasteiger partial charge in [0.15, 0.2) is 0 Å². The molecule has 0 saturated carbocycles. The highest BCUT2D eigenvalue weighted by Crippen LogP contribution is 2.29. The fraction of sp³-hybridized carbons (Fsp3) is 0.462. The lowest BCUT2D eigenvalue weighted by atomic mass is 10.0. The predicted octanol–water partition coefficient (Wildman–Crippen LogP) is 3.46. The van der Waals surface area contributed by atoms with E-state index in [-0.39, 0.29) is 0 Å². The van der Waals surface area contributed by atoms with Crippen LogP contribution in [-0.4, -0.2) is 17.6 Å². The lowest BCUT2D eigenvalue weighted by Gasteiger charge is -2.36. The second-order valence-corrected chi connectivity index (χ2v) is 5.92. The van der Waals surface area contributed by atoms with Crippen LogP contribution in [-0.2, 0) is 0 Å². The van der Waals surface area contributed by atoms with Crippen LogP contribution in [0.1, 0.15) is 31.7 Å². The Hall–Kier alpha value is -0.610. The zero-order valence-electron chi connectivity index (χ0n) is 9.95. The van der Waals surface area contributed by atoms with Gasteiger partial charge in [-0.15, -0.1) is 0 Å². The Bertz CT molecular complexity index is 433. The minimum Gasteiger partial charge on any atom is -0.389 e. The summed E-state index contributed by atoms with van der Waals surface area (Å²) in [4.78, 5) is 2.89. The van der Waals surface area contributed by atoms with E-state index in [1.54, 1.807) is 0 Å². The van der Waals surface area contributed by atoms with E-state index in [1.807, 2.05) is 6.07 Å². The number of halogens is 1. The molecule has 1 fully saturated rings. The van der Waals surface area contributed by atoms with Crippen LogP contribution in [0.3, 0.4) is 0 Å². The SMILES string of the molecule is CC1CCCCN1c1ccc(Br)cc1C(N)=S. The van der Waals surface area contributed by atoms with Gasteiger partial charge in [-0.1, -0.05) is 28.1 Å². The average Bonchev–Trinajstić information content (AvgIpc) is 2.30. The van der Waals surface area contributed by atoms with E-state index in [0.717, 1.165) is 16.6 Å². The van der Waals surface area contributed by atoms with Crippen LogP contribution in [0.5, 0.6) is 0 Å². The molecule has 1 saturated heterocycles. The Balaban J connectivity index is 2.39. The van der Waals surface area contributed by atoms with Gasteiger partial charge < -0.3 is 10.6 Å². The summed E-state index contributed by atoms with van der Waals surface area (Å²) < 4.78 is 1.02. The van der Waals surface area contributed by atoms with Gasteiger partial charge in [0.05, 0.1) is 0 Å². The molecule has 0 amide bonds. The van der Waals surface area contributed by atoms with E-state index >= 15 is 0 Å². The Kier molecular flexibility index (Phi) is 4.05. The summed E-state index contributed by atoms with van der Waals surface area (Å²) in [7, 11) is 0. The number of hydrogen-bond donors (Lipinski definition) is 1. The molecule has 0 aromatic heterocycles. The molecule has 1 aromatic rings. The first-order valence-electron chi connectivity index (χ1n) is 5.95. The number of rotatable bonds is 2. The highest BCUT2D eigenvalue weighted by molar-refractivity contribution is 9.10.